The van der Waals surface area contributed by atoms with E-state index in [2.05, 4.69) is 5.32 Å². The molecule has 3 heteroatoms. The molecule has 3 saturated carbocycles. The quantitative estimate of drug-likeness (QED) is 0.808. The lowest BCUT2D eigenvalue weighted by molar-refractivity contribution is -0.123. The van der Waals surface area contributed by atoms with Gasteiger partial charge in [-0.05, 0) is 62.7 Å². The van der Waals surface area contributed by atoms with E-state index in [1.54, 1.807) is 0 Å². The van der Waals surface area contributed by atoms with Crippen LogP contribution in [0.25, 0.3) is 0 Å². The van der Waals surface area contributed by atoms with Crippen molar-refractivity contribution in [3.63, 3.8) is 0 Å². The Kier molecular flexibility index (Phi) is 3.60. The molecule has 0 heterocycles. The Morgan fingerprint density at radius 1 is 1.06 bits per heavy atom. The van der Waals surface area contributed by atoms with Gasteiger partial charge in [0.25, 0.3) is 0 Å². The molecule has 2 N–H and O–H groups in total. The molecule has 0 spiro atoms. The van der Waals surface area contributed by atoms with Crippen molar-refractivity contribution >= 4 is 5.91 Å². The summed E-state index contributed by atoms with van der Waals surface area (Å²) in [6.45, 7) is 0. The number of rotatable bonds is 3. The molecular formula is C15H25NO2. The Labute approximate surface area is 109 Å². The number of amides is 1. The second-order valence-electron chi connectivity index (χ2n) is 6.71. The normalized spacial score (nSPS) is 43.1. The second-order valence-corrected chi connectivity index (χ2v) is 6.71. The van der Waals surface area contributed by atoms with Gasteiger partial charge in [-0.2, -0.15) is 0 Å². The third-order valence-electron chi connectivity index (χ3n) is 5.39. The third-order valence-corrected chi connectivity index (χ3v) is 5.39. The molecule has 0 aliphatic heterocycles. The molecule has 3 nitrogen and oxygen atoms in total. The molecule has 2 bridgehead atoms. The van der Waals surface area contributed by atoms with Crippen LogP contribution in [0.1, 0.15) is 57.8 Å². The zero-order valence-electron chi connectivity index (χ0n) is 11.1. The van der Waals surface area contributed by atoms with Gasteiger partial charge in [0.1, 0.15) is 0 Å². The topological polar surface area (TPSA) is 49.3 Å². The maximum absolute atomic E-state index is 12.1. The second kappa shape index (κ2) is 5.20. The standard InChI is InChI=1S/C15H25NO2/c17-14-5-3-13(4-6-14)16-15(18)9-12-8-10-1-2-11(12)7-10/h10-14,17H,1-9H2,(H,16,18). The summed E-state index contributed by atoms with van der Waals surface area (Å²) >= 11 is 0. The molecular weight excluding hydrogens is 226 g/mol. The summed E-state index contributed by atoms with van der Waals surface area (Å²) in [6.07, 6.45) is 9.64. The van der Waals surface area contributed by atoms with E-state index in [9.17, 15) is 9.90 Å². The summed E-state index contributed by atoms with van der Waals surface area (Å²) in [6, 6.07) is 0.319. The minimum Gasteiger partial charge on any atom is -0.393 e. The van der Waals surface area contributed by atoms with E-state index >= 15 is 0 Å². The average molecular weight is 251 g/mol. The van der Waals surface area contributed by atoms with Crippen molar-refractivity contribution in [2.45, 2.75) is 69.9 Å². The summed E-state index contributed by atoms with van der Waals surface area (Å²) in [4.78, 5) is 12.1. The van der Waals surface area contributed by atoms with E-state index in [0.717, 1.165) is 43.9 Å². The smallest absolute Gasteiger partial charge is 0.220 e. The maximum atomic E-state index is 12.1. The zero-order valence-corrected chi connectivity index (χ0v) is 11.1. The van der Waals surface area contributed by atoms with Crippen molar-refractivity contribution in [3.8, 4) is 0 Å². The van der Waals surface area contributed by atoms with Crippen molar-refractivity contribution in [1.82, 2.24) is 5.32 Å². The number of carbonyl (C=O) groups excluding carboxylic acids is 1. The summed E-state index contributed by atoms with van der Waals surface area (Å²) in [5, 5.41) is 12.6. The molecule has 18 heavy (non-hydrogen) atoms. The summed E-state index contributed by atoms with van der Waals surface area (Å²) in [7, 11) is 0. The lowest BCUT2D eigenvalue weighted by Crippen LogP contribution is -2.39. The van der Waals surface area contributed by atoms with Gasteiger partial charge in [0.2, 0.25) is 5.91 Å². The molecule has 1 amide bonds. The highest BCUT2D eigenvalue weighted by Crippen LogP contribution is 2.49. The lowest BCUT2D eigenvalue weighted by atomic mass is 9.86. The summed E-state index contributed by atoms with van der Waals surface area (Å²) in [5.74, 6) is 2.69. The molecule has 3 rings (SSSR count). The number of nitrogens with one attached hydrogen (secondary N) is 1. The van der Waals surface area contributed by atoms with Gasteiger partial charge in [-0.3, -0.25) is 4.79 Å². The number of fused-ring (bicyclic) bond motifs is 2. The summed E-state index contributed by atoms with van der Waals surface area (Å²) in [5.41, 5.74) is 0. The Morgan fingerprint density at radius 2 is 1.83 bits per heavy atom. The van der Waals surface area contributed by atoms with Crippen molar-refractivity contribution < 1.29 is 9.90 Å². The first kappa shape index (κ1) is 12.5. The molecule has 3 unspecified atom stereocenters. The molecule has 0 aromatic heterocycles. The third kappa shape index (κ3) is 2.71. The van der Waals surface area contributed by atoms with Crippen LogP contribution in [0.5, 0.6) is 0 Å². The van der Waals surface area contributed by atoms with Gasteiger partial charge in [0.15, 0.2) is 0 Å². The minimum absolute atomic E-state index is 0.135. The highest BCUT2D eigenvalue weighted by Gasteiger charge is 2.40. The Hall–Kier alpha value is -0.570. The van der Waals surface area contributed by atoms with E-state index in [1.807, 2.05) is 0 Å². The first-order valence-corrected chi connectivity index (χ1v) is 7.68. The van der Waals surface area contributed by atoms with Crippen LogP contribution in [0.4, 0.5) is 0 Å². The highest BCUT2D eigenvalue weighted by atomic mass is 16.3. The van der Waals surface area contributed by atoms with Gasteiger partial charge in [-0.15, -0.1) is 0 Å². The van der Waals surface area contributed by atoms with E-state index in [4.69, 9.17) is 0 Å². The fourth-order valence-electron chi connectivity index (χ4n) is 4.37. The van der Waals surface area contributed by atoms with Crippen LogP contribution in [0, 0.1) is 17.8 Å². The minimum atomic E-state index is -0.135. The predicted molar refractivity (Wildman–Crippen MR) is 70.0 cm³/mol. The molecule has 0 radical (unpaired) electrons. The van der Waals surface area contributed by atoms with Crippen LogP contribution in [0.3, 0.4) is 0 Å². The first-order chi connectivity index (χ1) is 8.70. The van der Waals surface area contributed by atoms with Crippen molar-refractivity contribution in [2.75, 3.05) is 0 Å². The molecule has 3 aliphatic carbocycles. The number of hydrogen-bond acceptors (Lipinski definition) is 2. The highest BCUT2D eigenvalue weighted by molar-refractivity contribution is 5.76. The molecule has 3 atom stereocenters. The lowest BCUT2D eigenvalue weighted by Gasteiger charge is -2.27. The van der Waals surface area contributed by atoms with Crippen LogP contribution in [0.2, 0.25) is 0 Å². The Morgan fingerprint density at radius 3 is 2.44 bits per heavy atom. The molecule has 0 aromatic rings. The summed E-state index contributed by atoms with van der Waals surface area (Å²) < 4.78 is 0. The molecule has 3 aliphatic rings. The van der Waals surface area contributed by atoms with Gasteiger partial charge in [-0.1, -0.05) is 6.42 Å². The van der Waals surface area contributed by atoms with Crippen LogP contribution in [-0.4, -0.2) is 23.2 Å². The molecule has 0 aromatic carbocycles. The SMILES string of the molecule is O=C(CC1CC2CCC1C2)NC1CCC(O)CC1. The Bertz CT molecular complexity index is 310. The predicted octanol–water partition coefficient (Wildman–Crippen LogP) is 2.23. The number of aliphatic hydroxyl groups is 1. The van der Waals surface area contributed by atoms with Crippen LogP contribution in [-0.2, 0) is 4.79 Å². The van der Waals surface area contributed by atoms with Crippen LogP contribution in [0.15, 0.2) is 0 Å². The van der Waals surface area contributed by atoms with E-state index in [1.165, 1.54) is 25.7 Å². The fourth-order valence-corrected chi connectivity index (χ4v) is 4.37. The van der Waals surface area contributed by atoms with E-state index < -0.39 is 0 Å². The number of carbonyl (C=O) groups is 1. The fraction of sp³-hybridized carbons (Fsp3) is 0.933. The number of hydrogen-bond donors (Lipinski definition) is 2. The van der Waals surface area contributed by atoms with Gasteiger partial charge in [0, 0.05) is 12.5 Å². The van der Waals surface area contributed by atoms with Gasteiger partial charge >= 0.3 is 0 Å². The average Bonchev–Trinajstić information content (AvgIpc) is 2.94. The molecule has 102 valence electrons. The first-order valence-electron chi connectivity index (χ1n) is 7.68. The van der Waals surface area contributed by atoms with Crippen LogP contribution >= 0.6 is 0 Å². The monoisotopic (exact) mass is 251 g/mol. The van der Waals surface area contributed by atoms with Crippen LogP contribution < -0.4 is 5.32 Å². The van der Waals surface area contributed by atoms with E-state index in [0.29, 0.717) is 12.0 Å². The van der Waals surface area contributed by atoms with Gasteiger partial charge in [0.05, 0.1) is 6.10 Å². The largest absolute Gasteiger partial charge is 0.393 e. The van der Waals surface area contributed by atoms with Crippen molar-refractivity contribution in [3.05, 3.63) is 0 Å². The molecule has 3 fully saturated rings. The van der Waals surface area contributed by atoms with Gasteiger partial charge in [-0.25, -0.2) is 0 Å². The maximum Gasteiger partial charge on any atom is 0.220 e. The Balaban J connectivity index is 1.42. The van der Waals surface area contributed by atoms with Crippen molar-refractivity contribution in [1.29, 1.82) is 0 Å². The van der Waals surface area contributed by atoms with Gasteiger partial charge < -0.3 is 10.4 Å². The van der Waals surface area contributed by atoms with Crippen molar-refractivity contribution in [2.24, 2.45) is 17.8 Å². The molecule has 0 saturated heterocycles. The zero-order chi connectivity index (χ0) is 12.5. The van der Waals surface area contributed by atoms with E-state index in [-0.39, 0.29) is 12.0 Å². The number of aliphatic hydroxyl groups excluding tert-OH is 1.